The van der Waals surface area contributed by atoms with Crippen LogP contribution in [0.4, 0.5) is 5.82 Å². The fraction of sp³-hybridized carbons (Fsp3) is 0.267. The SMILES string of the molecule is Cc1cccc(C(C)Nc2nccnc2C#N)c1C. The number of aromatic nitrogens is 2. The normalized spacial score (nSPS) is 11.7. The monoisotopic (exact) mass is 252 g/mol. The smallest absolute Gasteiger partial charge is 0.182 e. The highest BCUT2D eigenvalue weighted by Crippen LogP contribution is 2.23. The number of aryl methyl sites for hydroxylation is 1. The Morgan fingerprint density at radius 1 is 1.21 bits per heavy atom. The maximum absolute atomic E-state index is 9.01. The Morgan fingerprint density at radius 2 is 1.95 bits per heavy atom. The first-order valence-electron chi connectivity index (χ1n) is 6.17. The average Bonchev–Trinajstić information content (AvgIpc) is 2.42. The van der Waals surface area contributed by atoms with Gasteiger partial charge in [0.25, 0.3) is 0 Å². The molecule has 0 aliphatic heterocycles. The average molecular weight is 252 g/mol. The molecule has 1 heterocycles. The van der Waals surface area contributed by atoms with Gasteiger partial charge < -0.3 is 5.32 Å². The maximum atomic E-state index is 9.01. The second-order valence-electron chi connectivity index (χ2n) is 4.52. The summed E-state index contributed by atoms with van der Waals surface area (Å²) in [6.45, 7) is 6.25. The number of nitrogens with one attached hydrogen (secondary N) is 1. The Balaban J connectivity index is 2.29. The summed E-state index contributed by atoms with van der Waals surface area (Å²) in [6.07, 6.45) is 3.10. The third kappa shape index (κ3) is 2.71. The van der Waals surface area contributed by atoms with E-state index in [0.29, 0.717) is 11.5 Å². The molecule has 2 aromatic rings. The second-order valence-corrected chi connectivity index (χ2v) is 4.52. The molecule has 4 heteroatoms. The molecule has 1 aromatic heterocycles. The molecular weight excluding hydrogens is 236 g/mol. The quantitative estimate of drug-likeness (QED) is 0.911. The second kappa shape index (κ2) is 5.49. The van der Waals surface area contributed by atoms with E-state index in [1.807, 2.05) is 12.1 Å². The van der Waals surface area contributed by atoms with E-state index in [4.69, 9.17) is 5.26 Å². The van der Waals surface area contributed by atoms with E-state index < -0.39 is 0 Å². The van der Waals surface area contributed by atoms with Gasteiger partial charge in [0, 0.05) is 12.4 Å². The van der Waals surface area contributed by atoms with Crippen LogP contribution < -0.4 is 5.32 Å². The highest BCUT2D eigenvalue weighted by atomic mass is 15.0. The van der Waals surface area contributed by atoms with Crippen LogP contribution >= 0.6 is 0 Å². The molecule has 0 saturated heterocycles. The zero-order valence-electron chi connectivity index (χ0n) is 11.3. The molecule has 1 N–H and O–H groups in total. The number of nitriles is 1. The molecule has 0 radical (unpaired) electrons. The van der Waals surface area contributed by atoms with Crippen molar-refractivity contribution in [1.29, 1.82) is 5.26 Å². The van der Waals surface area contributed by atoms with Crippen molar-refractivity contribution in [1.82, 2.24) is 9.97 Å². The topological polar surface area (TPSA) is 61.6 Å². The molecule has 1 aromatic carbocycles. The van der Waals surface area contributed by atoms with Crippen LogP contribution in [0.15, 0.2) is 30.6 Å². The van der Waals surface area contributed by atoms with Crippen molar-refractivity contribution in [2.45, 2.75) is 26.8 Å². The highest BCUT2D eigenvalue weighted by molar-refractivity contribution is 5.49. The molecular formula is C15H16N4. The molecule has 0 saturated carbocycles. The summed E-state index contributed by atoms with van der Waals surface area (Å²) in [5, 5.41) is 12.3. The van der Waals surface area contributed by atoms with Crippen molar-refractivity contribution in [3.05, 3.63) is 53.0 Å². The van der Waals surface area contributed by atoms with Gasteiger partial charge in [0.15, 0.2) is 11.5 Å². The summed E-state index contributed by atoms with van der Waals surface area (Å²) in [5.41, 5.74) is 4.03. The van der Waals surface area contributed by atoms with Gasteiger partial charge in [-0.3, -0.25) is 0 Å². The number of hydrogen-bond donors (Lipinski definition) is 1. The van der Waals surface area contributed by atoms with Gasteiger partial charge in [0.2, 0.25) is 0 Å². The minimum absolute atomic E-state index is 0.0729. The minimum Gasteiger partial charge on any atom is -0.361 e. The lowest BCUT2D eigenvalue weighted by molar-refractivity contribution is 0.857. The third-order valence-electron chi connectivity index (χ3n) is 3.27. The van der Waals surface area contributed by atoms with Crippen LogP contribution in [0.2, 0.25) is 0 Å². The van der Waals surface area contributed by atoms with Crippen molar-refractivity contribution in [2.75, 3.05) is 5.32 Å². The maximum Gasteiger partial charge on any atom is 0.182 e. The molecule has 2 rings (SSSR count). The van der Waals surface area contributed by atoms with Crippen molar-refractivity contribution in [3.63, 3.8) is 0 Å². The Morgan fingerprint density at radius 3 is 2.68 bits per heavy atom. The summed E-state index contributed by atoms with van der Waals surface area (Å²) in [6, 6.07) is 8.33. The zero-order chi connectivity index (χ0) is 13.8. The van der Waals surface area contributed by atoms with E-state index in [9.17, 15) is 0 Å². The van der Waals surface area contributed by atoms with E-state index in [0.717, 1.165) is 0 Å². The number of nitrogens with zero attached hydrogens (tertiary/aromatic N) is 3. The van der Waals surface area contributed by atoms with Crippen LogP contribution in [-0.2, 0) is 0 Å². The molecule has 0 aliphatic carbocycles. The van der Waals surface area contributed by atoms with Crippen LogP contribution in [0, 0.1) is 25.2 Å². The van der Waals surface area contributed by atoms with Crippen LogP contribution in [0.3, 0.4) is 0 Å². The molecule has 1 unspecified atom stereocenters. The summed E-state index contributed by atoms with van der Waals surface area (Å²) in [5.74, 6) is 0.526. The van der Waals surface area contributed by atoms with Gasteiger partial charge in [-0.15, -0.1) is 0 Å². The lowest BCUT2D eigenvalue weighted by Crippen LogP contribution is -2.11. The summed E-state index contributed by atoms with van der Waals surface area (Å²) in [4.78, 5) is 8.17. The van der Waals surface area contributed by atoms with E-state index in [1.54, 1.807) is 6.20 Å². The van der Waals surface area contributed by atoms with Gasteiger partial charge >= 0.3 is 0 Å². The summed E-state index contributed by atoms with van der Waals surface area (Å²) in [7, 11) is 0. The van der Waals surface area contributed by atoms with Crippen LogP contribution in [0.25, 0.3) is 0 Å². The van der Waals surface area contributed by atoms with Crippen molar-refractivity contribution in [2.24, 2.45) is 0 Å². The lowest BCUT2D eigenvalue weighted by atomic mass is 9.98. The predicted octanol–water partition coefficient (Wildman–Crippen LogP) is 3.14. The number of benzene rings is 1. The van der Waals surface area contributed by atoms with Crippen molar-refractivity contribution < 1.29 is 0 Å². The lowest BCUT2D eigenvalue weighted by Gasteiger charge is -2.18. The van der Waals surface area contributed by atoms with Gasteiger partial charge in [0.05, 0.1) is 6.04 Å². The number of anilines is 1. The van der Waals surface area contributed by atoms with Gasteiger partial charge in [-0.25, -0.2) is 9.97 Å². The summed E-state index contributed by atoms with van der Waals surface area (Å²) >= 11 is 0. The van der Waals surface area contributed by atoms with Crippen molar-refractivity contribution in [3.8, 4) is 6.07 Å². The Hall–Kier alpha value is -2.41. The standard InChI is InChI=1S/C15H16N4/c1-10-5-4-6-13(11(10)2)12(3)19-15-14(9-16)17-7-8-18-15/h4-8,12H,1-3H3,(H,18,19). The number of rotatable bonds is 3. The zero-order valence-corrected chi connectivity index (χ0v) is 11.3. The molecule has 0 fully saturated rings. The molecule has 19 heavy (non-hydrogen) atoms. The highest BCUT2D eigenvalue weighted by Gasteiger charge is 2.12. The molecule has 96 valence electrons. The molecule has 0 spiro atoms. The molecule has 0 aliphatic rings. The van der Waals surface area contributed by atoms with Gasteiger partial charge in [-0.2, -0.15) is 5.26 Å². The largest absolute Gasteiger partial charge is 0.361 e. The molecule has 0 amide bonds. The first kappa shape index (κ1) is 13.0. The molecule has 1 atom stereocenters. The van der Waals surface area contributed by atoms with Crippen LogP contribution in [0.1, 0.15) is 35.3 Å². The predicted molar refractivity (Wildman–Crippen MR) is 74.7 cm³/mol. The van der Waals surface area contributed by atoms with Crippen molar-refractivity contribution >= 4 is 5.82 Å². The number of hydrogen-bond acceptors (Lipinski definition) is 4. The van der Waals surface area contributed by atoms with E-state index in [1.165, 1.54) is 22.9 Å². The fourth-order valence-electron chi connectivity index (χ4n) is 2.05. The summed E-state index contributed by atoms with van der Waals surface area (Å²) < 4.78 is 0. The van der Waals surface area contributed by atoms with E-state index in [2.05, 4.69) is 48.2 Å². The van der Waals surface area contributed by atoms with Crippen LogP contribution in [-0.4, -0.2) is 9.97 Å². The Labute approximate surface area is 113 Å². The first-order valence-corrected chi connectivity index (χ1v) is 6.17. The molecule has 4 nitrogen and oxygen atoms in total. The van der Waals surface area contributed by atoms with E-state index in [-0.39, 0.29) is 6.04 Å². The molecule has 0 bridgehead atoms. The minimum atomic E-state index is 0.0729. The first-order chi connectivity index (χ1) is 9.13. The van der Waals surface area contributed by atoms with Gasteiger partial charge in [-0.05, 0) is 37.5 Å². The van der Waals surface area contributed by atoms with Gasteiger partial charge in [0.1, 0.15) is 6.07 Å². The van der Waals surface area contributed by atoms with E-state index >= 15 is 0 Å². The third-order valence-corrected chi connectivity index (χ3v) is 3.27. The fourth-order valence-corrected chi connectivity index (χ4v) is 2.05. The Bertz CT molecular complexity index is 628. The van der Waals surface area contributed by atoms with Gasteiger partial charge in [-0.1, -0.05) is 18.2 Å². The van der Waals surface area contributed by atoms with Crippen LogP contribution in [0.5, 0.6) is 0 Å². The Kier molecular flexibility index (Phi) is 3.76.